The van der Waals surface area contributed by atoms with Crippen LogP contribution in [-0.2, 0) is 19.2 Å². The van der Waals surface area contributed by atoms with Crippen LogP contribution >= 0.6 is 0 Å². The second-order valence-corrected chi connectivity index (χ2v) is 3.43. The fourth-order valence-electron chi connectivity index (χ4n) is 1.57. The smallest absolute Gasteiger partial charge is 0.312 e. The summed E-state index contributed by atoms with van der Waals surface area (Å²) < 4.78 is 0. The third-order valence-corrected chi connectivity index (χ3v) is 2.26. The number of hydrogen-bond donors (Lipinski definition) is 2. The van der Waals surface area contributed by atoms with Crippen molar-refractivity contribution in [2.75, 3.05) is 6.54 Å². The predicted octanol–water partition coefficient (Wildman–Crippen LogP) is -1.28. The van der Waals surface area contributed by atoms with Crippen LogP contribution in [-0.4, -0.2) is 46.3 Å². The first-order valence-electron chi connectivity index (χ1n) is 4.80. The first kappa shape index (κ1) is 12.2. The second-order valence-electron chi connectivity index (χ2n) is 3.43. The molecule has 0 aromatic heterocycles. The summed E-state index contributed by atoms with van der Waals surface area (Å²) in [5.74, 6) is -3.15. The second kappa shape index (κ2) is 4.73. The fraction of sp³-hybridized carbons (Fsp3) is 0.556. The van der Waals surface area contributed by atoms with Gasteiger partial charge in [-0.25, -0.2) is 0 Å². The van der Waals surface area contributed by atoms with E-state index in [1.54, 1.807) is 6.92 Å². The van der Waals surface area contributed by atoms with Gasteiger partial charge in [0.2, 0.25) is 17.7 Å². The molecule has 2 N–H and O–H groups in total. The van der Waals surface area contributed by atoms with E-state index in [2.05, 4.69) is 5.32 Å². The van der Waals surface area contributed by atoms with Crippen molar-refractivity contribution < 1.29 is 24.3 Å². The molecular formula is C9H12N2O5. The molecule has 7 nitrogen and oxygen atoms in total. The molecule has 0 spiro atoms. The van der Waals surface area contributed by atoms with Crippen molar-refractivity contribution in [3.63, 3.8) is 0 Å². The standard InChI is InChI=1S/C9H12N2O5/c1-2-5-9(16)10-6(12)4-11(5)7(13)3-8(14)15/h5H,2-4H2,1H3,(H,14,15)(H,10,12,16). The summed E-state index contributed by atoms with van der Waals surface area (Å²) in [5, 5.41) is 10.6. The van der Waals surface area contributed by atoms with E-state index in [1.807, 2.05) is 0 Å². The number of nitrogens with one attached hydrogen (secondary N) is 1. The van der Waals surface area contributed by atoms with Crippen molar-refractivity contribution in [1.29, 1.82) is 0 Å². The van der Waals surface area contributed by atoms with Crippen LogP contribution < -0.4 is 5.32 Å². The molecule has 0 bridgehead atoms. The van der Waals surface area contributed by atoms with Crippen LogP contribution in [0.25, 0.3) is 0 Å². The summed E-state index contributed by atoms with van der Waals surface area (Å²) in [6.45, 7) is 1.41. The maximum absolute atomic E-state index is 11.5. The van der Waals surface area contributed by atoms with Gasteiger partial charge in [0.25, 0.3) is 0 Å². The molecule has 1 atom stereocenters. The maximum Gasteiger partial charge on any atom is 0.312 e. The summed E-state index contributed by atoms with van der Waals surface area (Å²) in [6.07, 6.45) is -0.373. The van der Waals surface area contributed by atoms with Crippen LogP contribution in [0.3, 0.4) is 0 Å². The van der Waals surface area contributed by atoms with E-state index >= 15 is 0 Å². The highest BCUT2D eigenvalue weighted by molar-refractivity contribution is 6.06. The van der Waals surface area contributed by atoms with Gasteiger partial charge >= 0.3 is 5.97 Å². The SMILES string of the molecule is CCC1C(=O)NC(=O)CN1C(=O)CC(=O)O. The number of carbonyl (C=O) groups excluding carboxylic acids is 3. The van der Waals surface area contributed by atoms with Crippen LogP contribution in [0.5, 0.6) is 0 Å². The van der Waals surface area contributed by atoms with E-state index in [0.29, 0.717) is 6.42 Å². The van der Waals surface area contributed by atoms with Gasteiger partial charge in [0.05, 0.1) is 0 Å². The quantitative estimate of drug-likeness (QED) is 0.462. The Bertz CT molecular complexity index is 352. The van der Waals surface area contributed by atoms with Crippen LogP contribution in [0.4, 0.5) is 0 Å². The molecule has 1 heterocycles. The summed E-state index contributed by atoms with van der Waals surface area (Å²) >= 11 is 0. The Labute approximate surface area is 91.4 Å². The number of hydrogen-bond acceptors (Lipinski definition) is 4. The van der Waals surface area contributed by atoms with Crippen molar-refractivity contribution >= 4 is 23.7 Å². The lowest BCUT2D eigenvalue weighted by Crippen LogP contribution is -2.59. The number of nitrogens with zero attached hydrogens (tertiary/aromatic N) is 1. The third kappa shape index (κ3) is 2.56. The Balaban J connectivity index is 2.81. The molecule has 16 heavy (non-hydrogen) atoms. The van der Waals surface area contributed by atoms with Crippen molar-refractivity contribution in [3.05, 3.63) is 0 Å². The fourth-order valence-corrected chi connectivity index (χ4v) is 1.57. The molecule has 1 aliphatic rings. The van der Waals surface area contributed by atoms with Gasteiger partial charge in [-0.05, 0) is 6.42 Å². The molecule has 0 aromatic rings. The molecule has 1 unspecified atom stereocenters. The van der Waals surface area contributed by atoms with Gasteiger partial charge in [-0.2, -0.15) is 0 Å². The van der Waals surface area contributed by atoms with Crippen molar-refractivity contribution in [1.82, 2.24) is 10.2 Å². The number of amides is 3. The van der Waals surface area contributed by atoms with Crippen LogP contribution in [0, 0.1) is 0 Å². The number of piperazine rings is 1. The maximum atomic E-state index is 11.5. The highest BCUT2D eigenvalue weighted by Gasteiger charge is 2.35. The Hall–Kier alpha value is -1.92. The predicted molar refractivity (Wildman–Crippen MR) is 51.2 cm³/mol. The van der Waals surface area contributed by atoms with Crippen LogP contribution in [0.2, 0.25) is 0 Å². The zero-order valence-corrected chi connectivity index (χ0v) is 8.73. The summed E-state index contributed by atoms with van der Waals surface area (Å²) in [6, 6.07) is -0.760. The highest BCUT2D eigenvalue weighted by Crippen LogP contribution is 2.10. The van der Waals surface area contributed by atoms with E-state index in [9.17, 15) is 19.2 Å². The van der Waals surface area contributed by atoms with E-state index in [-0.39, 0.29) is 6.54 Å². The molecule has 7 heteroatoms. The van der Waals surface area contributed by atoms with E-state index in [0.717, 1.165) is 4.90 Å². The summed E-state index contributed by atoms with van der Waals surface area (Å²) in [4.78, 5) is 45.3. The van der Waals surface area contributed by atoms with Crippen LogP contribution in [0.15, 0.2) is 0 Å². The number of imide groups is 1. The average molecular weight is 228 g/mol. The minimum Gasteiger partial charge on any atom is -0.481 e. The Morgan fingerprint density at radius 2 is 2.12 bits per heavy atom. The molecule has 1 saturated heterocycles. The van der Waals surface area contributed by atoms with E-state index in [1.165, 1.54) is 0 Å². The van der Waals surface area contributed by atoms with Gasteiger partial charge in [0, 0.05) is 0 Å². The molecule has 0 saturated carbocycles. The Kier molecular flexibility index (Phi) is 3.60. The minimum atomic E-state index is -1.28. The number of aliphatic carboxylic acids is 1. The van der Waals surface area contributed by atoms with Gasteiger partial charge < -0.3 is 10.0 Å². The number of carbonyl (C=O) groups is 4. The van der Waals surface area contributed by atoms with E-state index < -0.39 is 36.2 Å². The Morgan fingerprint density at radius 1 is 1.50 bits per heavy atom. The average Bonchev–Trinajstić information content (AvgIpc) is 2.15. The lowest BCUT2D eigenvalue weighted by atomic mass is 10.1. The molecule has 3 amide bonds. The first-order valence-corrected chi connectivity index (χ1v) is 4.80. The number of carboxylic acid groups (broad SMARTS) is 1. The molecule has 1 fully saturated rings. The molecule has 0 aromatic carbocycles. The van der Waals surface area contributed by atoms with E-state index in [4.69, 9.17) is 5.11 Å². The first-order chi connectivity index (χ1) is 7.45. The molecule has 1 aliphatic heterocycles. The third-order valence-electron chi connectivity index (χ3n) is 2.26. The van der Waals surface area contributed by atoms with Gasteiger partial charge in [0.1, 0.15) is 19.0 Å². The zero-order valence-electron chi connectivity index (χ0n) is 8.73. The zero-order chi connectivity index (χ0) is 12.3. The number of carboxylic acids is 1. The summed E-state index contributed by atoms with van der Waals surface area (Å²) in [7, 11) is 0. The topological polar surface area (TPSA) is 104 Å². The lowest BCUT2D eigenvalue weighted by molar-refractivity contribution is -0.154. The molecule has 1 rings (SSSR count). The number of rotatable bonds is 3. The largest absolute Gasteiger partial charge is 0.481 e. The lowest BCUT2D eigenvalue weighted by Gasteiger charge is -2.33. The Morgan fingerprint density at radius 3 is 2.62 bits per heavy atom. The van der Waals surface area contributed by atoms with Gasteiger partial charge in [-0.15, -0.1) is 0 Å². The molecule has 0 radical (unpaired) electrons. The van der Waals surface area contributed by atoms with Gasteiger partial charge in [-0.3, -0.25) is 24.5 Å². The van der Waals surface area contributed by atoms with Crippen molar-refractivity contribution in [2.45, 2.75) is 25.8 Å². The molecule has 88 valence electrons. The normalized spacial score (nSPS) is 20.6. The highest BCUT2D eigenvalue weighted by atomic mass is 16.4. The summed E-state index contributed by atoms with van der Waals surface area (Å²) in [5.41, 5.74) is 0. The van der Waals surface area contributed by atoms with Crippen molar-refractivity contribution in [3.8, 4) is 0 Å². The van der Waals surface area contributed by atoms with Gasteiger partial charge in [0.15, 0.2) is 0 Å². The minimum absolute atomic E-state index is 0.268. The monoisotopic (exact) mass is 228 g/mol. The van der Waals surface area contributed by atoms with Crippen molar-refractivity contribution in [2.24, 2.45) is 0 Å². The molecular weight excluding hydrogens is 216 g/mol. The van der Waals surface area contributed by atoms with Crippen LogP contribution in [0.1, 0.15) is 19.8 Å². The molecule has 0 aliphatic carbocycles. The van der Waals surface area contributed by atoms with Gasteiger partial charge in [-0.1, -0.05) is 6.92 Å².